The highest BCUT2D eigenvalue weighted by molar-refractivity contribution is 5.97. The number of amides is 1. The summed E-state index contributed by atoms with van der Waals surface area (Å²) in [5.74, 6) is 0.0207. The molecule has 0 radical (unpaired) electrons. The van der Waals surface area contributed by atoms with E-state index in [-0.39, 0.29) is 5.91 Å². The van der Waals surface area contributed by atoms with Crippen LogP contribution in [0.5, 0.6) is 0 Å². The molecule has 0 spiro atoms. The number of nitrogens with one attached hydrogen (secondary N) is 1. The first kappa shape index (κ1) is 17.8. The van der Waals surface area contributed by atoms with Crippen LogP contribution in [0.2, 0.25) is 0 Å². The van der Waals surface area contributed by atoms with E-state index in [1.54, 1.807) is 0 Å². The van der Waals surface area contributed by atoms with Gasteiger partial charge >= 0.3 is 0 Å². The van der Waals surface area contributed by atoms with Crippen LogP contribution in [0.3, 0.4) is 0 Å². The molecule has 1 heterocycles. The third-order valence-corrected chi connectivity index (χ3v) is 5.63. The van der Waals surface area contributed by atoms with Gasteiger partial charge in [-0.1, -0.05) is 50.8 Å². The van der Waals surface area contributed by atoms with Gasteiger partial charge in [0, 0.05) is 11.6 Å². The molecule has 0 aliphatic heterocycles. The van der Waals surface area contributed by atoms with Gasteiger partial charge in [-0.05, 0) is 49.1 Å². The molecule has 1 amide bonds. The number of hydrogen-bond acceptors (Lipinski definition) is 2. The Kier molecular flexibility index (Phi) is 5.23. The standard InChI is InChI=1S/C23H27N3O/c1-2-17-9-7-8-12-21(17)26-16-24-20-15-18(13-14-22(20)26)23(27)25-19-10-5-3-4-6-11-19/h7-9,12-16,19H,2-6,10-11H2,1H3,(H,25,27). The van der Waals surface area contributed by atoms with Crippen LogP contribution in [0.25, 0.3) is 16.7 Å². The average molecular weight is 361 g/mol. The zero-order valence-corrected chi connectivity index (χ0v) is 15.9. The second-order valence-corrected chi connectivity index (χ2v) is 7.46. The summed E-state index contributed by atoms with van der Waals surface area (Å²) in [7, 11) is 0. The summed E-state index contributed by atoms with van der Waals surface area (Å²) in [6, 6.07) is 14.5. The van der Waals surface area contributed by atoms with Crippen molar-refractivity contribution < 1.29 is 4.79 Å². The number of aromatic nitrogens is 2. The third kappa shape index (κ3) is 3.75. The van der Waals surface area contributed by atoms with Gasteiger partial charge in [-0.15, -0.1) is 0 Å². The normalized spacial score (nSPS) is 15.6. The zero-order chi connectivity index (χ0) is 18.6. The quantitative estimate of drug-likeness (QED) is 0.662. The minimum atomic E-state index is 0.0207. The van der Waals surface area contributed by atoms with Crippen LogP contribution >= 0.6 is 0 Å². The van der Waals surface area contributed by atoms with E-state index >= 15 is 0 Å². The van der Waals surface area contributed by atoms with Crippen molar-refractivity contribution in [3.8, 4) is 5.69 Å². The predicted molar refractivity (Wildman–Crippen MR) is 109 cm³/mol. The first-order valence-corrected chi connectivity index (χ1v) is 10.1. The van der Waals surface area contributed by atoms with Crippen LogP contribution in [-0.4, -0.2) is 21.5 Å². The summed E-state index contributed by atoms with van der Waals surface area (Å²) in [4.78, 5) is 17.3. The fraction of sp³-hybridized carbons (Fsp3) is 0.391. The largest absolute Gasteiger partial charge is 0.349 e. The fourth-order valence-corrected chi connectivity index (χ4v) is 4.08. The van der Waals surface area contributed by atoms with Crippen molar-refractivity contribution >= 4 is 16.9 Å². The molecule has 0 saturated heterocycles. The topological polar surface area (TPSA) is 46.9 Å². The van der Waals surface area contributed by atoms with Gasteiger partial charge in [0.2, 0.25) is 0 Å². The molecule has 2 aromatic carbocycles. The van der Waals surface area contributed by atoms with E-state index in [0.29, 0.717) is 11.6 Å². The molecule has 0 atom stereocenters. The summed E-state index contributed by atoms with van der Waals surface area (Å²) in [6.07, 6.45) is 10.0. The van der Waals surface area contributed by atoms with Crippen LogP contribution in [0.1, 0.15) is 61.4 Å². The number of carbonyl (C=O) groups is 1. The average Bonchev–Trinajstić information content (AvgIpc) is 2.96. The third-order valence-electron chi connectivity index (χ3n) is 5.63. The molecule has 1 fully saturated rings. The molecule has 0 unspecified atom stereocenters. The number of para-hydroxylation sites is 1. The number of hydrogen-bond donors (Lipinski definition) is 1. The molecule has 3 aromatic rings. The molecule has 4 nitrogen and oxygen atoms in total. The molecule has 1 N–H and O–H groups in total. The van der Waals surface area contributed by atoms with E-state index in [9.17, 15) is 4.79 Å². The number of benzene rings is 2. The number of nitrogens with zero attached hydrogens (tertiary/aromatic N) is 2. The minimum Gasteiger partial charge on any atom is -0.349 e. The summed E-state index contributed by atoms with van der Waals surface area (Å²) in [5.41, 5.74) is 5.02. The van der Waals surface area contributed by atoms with Gasteiger partial charge in [-0.2, -0.15) is 0 Å². The zero-order valence-electron chi connectivity index (χ0n) is 15.9. The summed E-state index contributed by atoms with van der Waals surface area (Å²) in [5, 5.41) is 3.22. The number of imidazole rings is 1. The van der Waals surface area contributed by atoms with Crippen LogP contribution < -0.4 is 5.32 Å². The van der Waals surface area contributed by atoms with Gasteiger partial charge in [-0.3, -0.25) is 9.36 Å². The van der Waals surface area contributed by atoms with Crippen LogP contribution in [0.15, 0.2) is 48.8 Å². The predicted octanol–water partition coefficient (Wildman–Crippen LogP) is 5.04. The summed E-state index contributed by atoms with van der Waals surface area (Å²) >= 11 is 0. The Hall–Kier alpha value is -2.62. The van der Waals surface area contributed by atoms with Gasteiger partial charge in [0.05, 0.1) is 16.7 Å². The molecule has 4 heteroatoms. The SMILES string of the molecule is CCc1ccccc1-n1cnc2cc(C(=O)NC3CCCCCC3)ccc21. The molecule has 1 saturated carbocycles. The molecule has 1 aromatic heterocycles. The smallest absolute Gasteiger partial charge is 0.251 e. The van der Waals surface area contributed by atoms with Gasteiger partial charge in [0.1, 0.15) is 6.33 Å². The van der Waals surface area contributed by atoms with Gasteiger partial charge < -0.3 is 5.32 Å². The molecule has 1 aliphatic rings. The summed E-state index contributed by atoms with van der Waals surface area (Å²) < 4.78 is 2.11. The number of fused-ring (bicyclic) bond motifs is 1. The van der Waals surface area contributed by atoms with Crippen molar-refractivity contribution in [3.63, 3.8) is 0 Å². The van der Waals surface area contributed by atoms with Gasteiger partial charge in [-0.25, -0.2) is 4.98 Å². The molecule has 0 bridgehead atoms. The van der Waals surface area contributed by atoms with Crippen molar-refractivity contribution in [1.82, 2.24) is 14.9 Å². The fourth-order valence-electron chi connectivity index (χ4n) is 4.08. The van der Waals surface area contributed by atoms with Gasteiger partial charge in [0.25, 0.3) is 5.91 Å². The molecule has 1 aliphatic carbocycles. The number of rotatable bonds is 4. The van der Waals surface area contributed by atoms with E-state index < -0.39 is 0 Å². The highest BCUT2D eigenvalue weighted by Crippen LogP contribution is 2.23. The lowest BCUT2D eigenvalue weighted by Gasteiger charge is -2.16. The second kappa shape index (κ2) is 7.95. The Morgan fingerprint density at radius 2 is 1.89 bits per heavy atom. The monoisotopic (exact) mass is 361 g/mol. The maximum Gasteiger partial charge on any atom is 0.251 e. The minimum absolute atomic E-state index is 0.0207. The Labute approximate surface area is 160 Å². The Bertz CT molecular complexity index is 936. The first-order chi connectivity index (χ1) is 13.3. The van der Waals surface area contributed by atoms with Crippen molar-refractivity contribution in [1.29, 1.82) is 0 Å². The lowest BCUT2D eigenvalue weighted by molar-refractivity contribution is 0.0933. The van der Waals surface area contributed by atoms with Crippen molar-refractivity contribution in [2.75, 3.05) is 0 Å². The maximum absolute atomic E-state index is 12.7. The lowest BCUT2D eigenvalue weighted by Crippen LogP contribution is -2.34. The van der Waals surface area contributed by atoms with Crippen molar-refractivity contribution in [2.24, 2.45) is 0 Å². The van der Waals surface area contributed by atoms with E-state index in [1.807, 2.05) is 24.5 Å². The van der Waals surface area contributed by atoms with Crippen molar-refractivity contribution in [2.45, 2.75) is 57.9 Å². The molecule has 140 valence electrons. The molecular weight excluding hydrogens is 334 g/mol. The Morgan fingerprint density at radius 3 is 2.67 bits per heavy atom. The van der Waals surface area contributed by atoms with Crippen LogP contribution in [0.4, 0.5) is 0 Å². The lowest BCUT2D eigenvalue weighted by atomic mass is 10.1. The van der Waals surface area contributed by atoms with Gasteiger partial charge in [0.15, 0.2) is 0 Å². The highest BCUT2D eigenvalue weighted by Gasteiger charge is 2.17. The van der Waals surface area contributed by atoms with E-state index in [0.717, 1.165) is 36.0 Å². The first-order valence-electron chi connectivity index (χ1n) is 10.1. The van der Waals surface area contributed by atoms with E-state index in [4.69, 9.17) is 0 Å². The molecule has 27 heavy (non-hydrogen) atoms. The van der Waals surface area contributed by atoms with E-state index in [1.165, 1.54) is 31.2 Å². The molecule has 4 rings (SSSR count). The second-order valence-electron chi connectivity index (χ2n) is 7.46. The van der Waals surface area contributed by atoms with E-state index in [2.05, 4.69) is 46.1 Å². The number of aryl methyl sites for hydroxylation is 1. The molecular formula is C23H27N3O. The Balaban J connectivity index is 1.59. The van der Waals surface area contributed by atoms with Crippen LogP contribution in [-0.2, 0) is 6.42 Å². The Morgan fingerprint density at radius 1 is 1.11 bits per heavy atom. The van der Waals surface area contributed by atoms with Crippen molar-refractivity contribution in [3.05, 3.63) is 59.9 Å². The van der Waals surface area contributed by atoms with Crippen LogP contribution in [0, 0.1) is 0 Å². The highest BCUT2D eigenvalue weighted by atomic mass is 16.1. The maximum atomic E-state index is 12.7. The number of carbonyl (C=O) groups excluding carboxylic acids is 1. The summed E-state index contributed by atoms with van der Waals surface area (Å²) in [6.45, 7) is 2.16.